The Morgan fingerprint density at radius 3 is 2.26 bits per heavy atom. The SMILES string of the molecule is COc1ccc(C2=C(C#N)C(=N)N=C3CCCCCCCCCCC32)cc1. The number of benzene rings is 1. The molecule has 142 valence electrons. The number of nitriles is 1. The smallest absolute Gasteiger partial charge is 0.162 e. The number of hydrogen-bond donors (Lipinski definition) is 1. The summed E-state index contributed by atoms with van der Waals surface area (Å²) in [6.45, 7) is 0. The Morgan fingerprint density at radius 1 is 1.00 bits per heavy atom. The van der Waals surface area contributed by atoms with Gasteiger partial charge in [0, 0.05) is 11.6 Å². The first-order valence-corrected chi connectivity index (χ1v) is 10.2. The number of hydrogen-bond acceptors (Lipinski definition) is 3. The van der Waals surface area contributed by atoms with Crippen LogP contribution in [0.2, 0.25) is 0 Å². The Labute approximate surface area is 162 Å². The maximum Gasteiger partial charge on any atom is 0.162 e. The number of rotatable bonds is 2. The van der Waals surface area contributed by atoms with E-state index >= 15 is 0 Å². The number of dihydropyridines is 1. The highest BCUT2D eigenvalue weighted by Gasteiger charge is 2.30. The first kappa shape index (κ1) is 19.4. The lowest BCUT2D eigenvalue weighted by Gasteiger charge is -2.28. The van der Waals surface area contributed by atoms with Crippen molar-refractivity contribution in [1.82, 2.24) is 0 Å². The zero-order valence-corrected chi connectivity index (χ0v) is 16.3. The summed E-state index contributed by atoms with van der Waals surface area (Å²) in [5.74, 6) is 1.08. The van der Waals surface area contributed by atoms with Gasteiger partial charge in [-0.1, -0.05) is 57.1 Å². The van der Waals surface area contributed by atoms with Crippen molar-refractivity contribution in [1.29, 1.82) is 10.7 Å². The summed E-state index contributed by atoms with van der Waals surface area (Å²) in [5, 5.41) is 18.1. The molecule has 0 amide bonds. The molecule has 0 saturated heterocycles. The van der Waals surface area contributed by atoms with Crippen molar-refractivity contribution in [3.8, 4) is 11.8 Å². The van der Waals surface area contributed by atoms with Crippen molar-refractivity contribution in [3.63, 3.8) is 0 Å². The van der Waals surface area contributed by atoms with Gasteiger partial charge in [-0.05, 0) is 42.5 Å². The Kier molecular flexibility index (Phi) is 6.81. The van der Waals surface area contributed by atoms with Crippen molar-refractivity contribution in [2.24, 2.45) is 10.9 Å². The molecule has 4 heteroatoms. The van der Waals surface area contributed by atoms with Gasteiger partial charge in [-0.2, -0.15) is 5.26 Å². The fourth-order valence-electron chi connectivity index (χ4n) is 4.23. The van der Waals surface area contributed by atoms with E-state index in [-0.39, 0.29) is 11.8 Å². The van der Waals surface area contributed by atoms with E-state index in [1.165, 1.54) is 38.5 Å². The van der Waals surface area contributed by atoms with Gasteiger partial charge in [0.25, 0.3) is 0 Å². The van der Waals surface area contributed by atoms with Gasteiger partial charge in [-0.25, -0.2) is 4.99 Å². The lowest BCUT2D eigenvalue weighted by molar-refractivity contribution is 0.415. The first-order chi connectivity index (χ1) is 13.2. The Morgan fingerprint density at radius 2 is 1.63 bits per heavy atom. The minimum absolute atomic E-state index is 0.127. The summed E-state index contributed by atoms with van der Waals surface area (Å²) in [6, 6.07) is 10.2. The molecular formula is C23H29N3O. The Balaban J connectivity index is 1.97. The number of amidine groups is 1. The molecule has 0 bridgehead atoms. The molecule has 0 radical (unpaired) electrons. The molecule has 1 atom stereocenters. The average molecular weight is 364 g/mol. The van der Waals surface area contributed by atoms with Crippen LogP contribution in [0.3, 0.4) is 0 Å². The molecule has 0 aromatic heterocycles. The van der Waals surface area contributed by atoms with Crippen LogP contribution in [0, 0.1) is 22.7 Å². The van der Waals surface area contributed by atoms with E-state index in [1.807, 2.05) is 24.3 Å². The average Bonchev–Trinajstić information content (AvgIpc) is 2.68. The summed E-state index contributed by atoms with van der Waals surface area (Å²) >= 11 is 0. The molecule has 1 fully saturated rings. The molecule has 1 saturated carbocycles. The second kappa shape index (κ2) is 9.50. The number of ether oxygens (including phenoxy) is 1. The summed E-state index contributed by atoms with van der Waals surface area (Å²) in [7, 11) is 1.66. The van der Waals surface area contributed by atoms with Crippen molar-refractivity contribution < 1.29 is 4.74 Å². The lowest BCUT2D eigenvalue weighted by Crippen LogP contribution is -2.25. The van der Waals surface area contributed by atoms with Crippen LogP contribution in [0.1, 0.15) is 69.8 Å². The Hall–Kier alpha value is -2.41. The molecule has 1 unspecified atom stereocenters. The lowest BCUT2D eigenvalue weighted by atomic mass is 9.78. The molecule has 1 aromatic carbocycles. The predicted molar refractivity (Wildman–Crippen MR) is 110 cm³/mol. The van der Waals surface area contributed by atoms with E-state index in [0.717, 1.165) is 48.3 Å². The predicted octanol–water partition coefficient (Wildman–Crippen LogP) is 5.94. The van der Waals surface area contributed by atoms with E-state index in [4.69, 9.17) is 10.1 Å². The fraction of sp³-hybridized carbons (Fsp3) is 0.522. The zero-order chi connectivity index (χ0) is 19.1. The van der Waals surface area contributed by atoms with Gasteiger partial charge in [-0.15, -0.1) is 0 Å². The number of aliphatic imine (C=N–C) groups is 1. The van der Waals surface area contributed by atoms with Crippen LogP contribution in [-0.2, 0) is 0 Å². The number of fused-ring (bicyclic) bond motifs is 1. The van der Waals surface area contributed by atoms with Gasteiger partial charge in [-0.3, -0.25) is 5.41 Å². The van der Waals surface area contributed by atoms with Gasteiger partial charge in [0.05, 0.1) is 7.11 Å². The molecule has 1 heterocycles. The van der Waals surface area contributed by atoms with Gasteiger partial charge in [0.2, 0.25) is 0 Å². The molecule has 27 heavy (non-hydrogen) atoms. The van der Waals surface area contributed by atoms with Gasteiger partial charge in [0.1, 0.15) is 17.4 Å². The van der Waals surface area contributed by atoms with E-state index in [2.05, 4.69) is 11.1 Å². The third-order valence-corrected chi connectivity index (χ3v) is 5.70. The highest BCUT2D eigenvalue weighted by atomic mass is 16.5. The number of methoxy groups -OCH3 is 1. The van der Waals surface area contributed by atoms with Crippen molar-refractivity contribution in [2.75, 3.05) is 7.11 Å². The first-order valence-electron chi connectivity index (χ1n) is 10.2. The van der Waals surface area contributed by atoms with Crippen LogP contribution in [0.25, 0.3) is 5.57 Å². The third kappa shape index (κ3) is 4.66. The van der Waals surface area contributed by atoms with Crippen LogP contribution in [0.4, 0.5) is 0 Å². The summed E-state index contributed by atoms with van der Waals surface area (Å²) in [5.41, 5.74) is 3.54. The standard InChI is InChI=1S/C23H29N3O/c1-27-18-14-12-17(13-15-18)22-19-10-8-6-4-2-3-5-7-9-11-21(19)26-23(25)20(22)16-24/h12-15,19,25H,2-11H2,1H3. The van der Waals surface area contributed by atoms with Crippen LogP contribution in [0.5, 0.6) is 5.75 Å². The monoisotopic (exact) mass is 363 g/mol. The van der Waals surface area contributed by atoms with Crippen LogP contribution in [-0.4, -0.2) is 18.7 Å². The molecule has 1 aliphatic heterocycles. The maximum absolute atomic E-state index is 9.75. The van der Waals surface area contributed by atoms with Crippen molar-refractivity contribution in [3.05, 3.63) is 35.4 Å². The topological polar surface area (TPSA) is 69.2 Å². The second-order valence-electron chi connectivity index (χ2n) is 7.50. The fourth-order valence-corrected chi connectivity index (χ4v) is 4.23. The quantitative estimate of drug-likeness (QED) is 0.707. The zero-order valence-electron chi connectivity index (χ0n) is 16.3. The van der Waals surface area contributed by atoms with Gasteiger partial charge in [0.15, 0.2) is 5.84 Å². The van der Waals surface area contributed by atoms with Crippen LogP contribution < -0.4 is 4.74 Å². The Bertz CT molecular complexity index is 768. The van der Waals surface area contributed by atoms with E-state index in [0.29, 0.717) is 5.57 Å². The normalized spacial score (nSPS) is 22.0. The molecule has 1 aromatic rings. The van der Waals surface area contributed by atoms with Crippen LogP contribution >= 0.6 is 0 Å². The minimum atomic E-state index is 0.127. The number of nitrogens with one attached hydrogen (secondary N) is 1. The molecule has 1 aliphatic carbocycles. The summed E-state index contributed by atoms with van der Waals surface area (Å²) in [4.78, 5) is 4.59. The minimum Gasteiger partial charge on any atom is -0.497 e. The third-order valence-electron chi connectivity index (χ3n) is 5.70. The molecule has 4 nitrogen and oxygen atoms in total. The van der Waals surface area contributed by atoms with Crippen molar-refractivity contribution >= 4 is 17.1 Å². The molecule has 2 aliphatic rings. The van der Waals surface area contributed by atoms with Crippen LogP contribution in [0.15, 0.2) is 34.8 Å². The number of nitrogens with zero attached hydrogens (tertiary/aromatic N) is 2. The largest absolute Gasteiger partial charge is 0.497 e. The van der Waals surface area contributed by atoms with Crippen molar-refractivity contribution in [2.45, 2.75) is 64.2 Å². The molecule has 3 rings (SSSR count). The molecule has 0 spiro atoms. The van der Waals surface area contributed by atoms with E-state index < -0.39 is 0 Å². The molecule has 1 N–H and O–H groups in total. The van der Waals surface area contributed by atoms with E-state index in [9.17, 15) is 5.26 Å². The highest BCUT2D eigenvalue weighted by molar-refractivity contribution is 6.19. The van der Waals surface area contributed by atoms with Gasteiger partial charge < -0.3 is 4.74 Å². The number of allylic oxidation sites excluding steroid dienone is 1. The molecular weight excluding hydrogens is 334 g/mol. The maximum atomic E-state index is 9.75. The summed E-state index contributed by atoms with van der Waals surface area (Å²) < 4.78 is 5.28. The second-order valence-corrected chi connectivity index (χ2v) is 7.50. The van der Waals surface area contributed by atoms with Gasteiger partial charge >= 0.3 is 0 Å². The summed E-state index contributed by atoms with van der Waals surface area (Å²) in [6.07, 6.45) is 11.9. The highest BCUT2D eigenvalue weighted by Crippen LogP contribution is 2.37. The van der Waals surface area contributed by atoms with E-state index in [1.54, 1.807) is 7.11 Å².